The van der Waals surface area contributed by atoms with Crippen molar-refractivity contribution in [1.29, 1.82) is 0 Å². The molecule has 0 aromatic heterocycles. The number of nitrogens with zero attached hydrogens (tertiary/aromatic N) is 1. The summed E-state index contributed by atoms with van der Waals surface area (Å²) in [5.74, 6) is -0.591. The first-order chi connectivity index (χ1) is 5.07. The van der Waals surface area contributed by atoms with E-state index in [0.717, 1.165) is 18.2 Å². The lowest BCUT2D eigenvalue weighted by Gasteiger charge is -1.85. The number of rotatable bonds is 3. The lowest BCUT2D eigenvalue weighted by Crippen LogP contribution is -1.91. The molecular weight excluding hydrogens is 149 g/mol. The summed E-state index contributed by atoms with van der Waals surface area (Å²) in [6.07, 6.45) is 3.05. The van der Waals surface area contributed by atoms with Crippen LogP contribution in [-0.2, 0) is 0 Å². The van der Waals surface area contributed by atoms with Crippen LogP contribution < -0.4 is 0 Å². The van der Waals surface area contributed by atoms with Gasteiger partial charge in [-0.1, -0.05) is 6.58 Å². The van der Waals surface area contributed by atoms with Crippen LogP contribution in [0, 0.1) is 10.1 Å². The van der Waals surface area contributed by atoms with Crippen molar-refractivity contribution in [2.24, 2.45) is 0 Å². The first kappa shape index (κ1) is 9.55. The molecule has 0 saturated carbocycles. The van der Waals surface area contributed by atoms with Gasteiger partial charge in [0.05, 0.1) is 4.92 Å². The lowest BCUT2D eigenvalue weighted by atomic mass is 10.4. The summed E-state index contributed by atoms with van der Waals surface area (Å²) in [4.78, 5) is 9.37. The molecule has 4 heteroatoms. The van der Waals surface area contributed by atoms with Gasteiger partial charge in [-0.15, -0.1) is 0 Å². The molecule has 0 saturated heterocycles. The fourth-order valence-corrected chi connectivity index (χ4v) is 0.329. The van der Waals surface area contributed by atoms with Gasteiger partial charge in [-0.2, -0.15) is 0 Å². The third-order valence-corrected chi connectivity index (χ3v) is 0.967. The van der Waals surface area contributed by atoms with E-state index >= 15 is 0 Å². The van der Waals surface area contributed by atoms with Crippen LogP contribution >= 0.6 is 0 Å². The van der Waals surface area contributed by atoms with Crippen molar-refractivity contribution in [3.63, 3.8) is 0 Å². The fourth-order valence-electron chi connectivity index (χ4n) is 0.329. The second kappa shape index (κ2) is 4.38. The van der Waals surface area contributed by atoms with Gasteiger partial charge < -0.3 is 0 Å². The van der Waals surface area contributed by atoms with Crippen molar-refractivity contribution in [3.8, 4) is 0 Å². The van der Waals surface area contributed by atoms with Crippen LogP contribution in [0.25, 0.3) is 0 Å². The van der Waals surface area contributed by atoms with Crippen molar-refractivity contribution >= 4 is 0 Å². The van der Waals surface area contributed by atoms with E-state index < -0.39 is 10.8 Å². The zero-order valence-electron chi connectivity index (χ0n) is 6.08. The van der Waals surface area contributed by atoms with Gasteiger partial charge in [0.2, 0.25) is 5.70 Å². The molecule has 0 N–H and O–H groups in total. The van der Waals surface area contributed by atoms with Crippen LogP contribution in [0.3, 0.4) is 0 Å². The zero-order chi connectivity index (χ0) is 8.85. The minimum atomic E-state index is -0.591. The zero-order valence-corrected chi connectivity index (χ0v) is 6.08. The van der Waals surface area contributed by atoms with E-state index in [4.69, 9.17) is 0 Å². The molecule has 0 amide bonds. The maximum atomic E-state index is 12.2. The highest BCUT2D eigenvalue weighted by Gasteiger charge is 1.97. The predicted molar refractivity (Wildman–Crippen MR) is 40.1 cm³/mol. The van der Waals surface area contributed by atoms with Gasteiger partial charge in [0, 0.05) is 13.0 Å². The smallest absolute Gasteiger partial charge is 0.243 e. The quantitative estimate of drug-likeness (QED) is 0.358. The summed E-state index contributed by atoms with van der Waals surface area (Å²) in [6.45, 7) is 4.43. The van der Waals surface area contributed by atoms with E-state index in [9.17, 15) is 14.5 Å². The van der Waals surface area contributed by atoms with E-state index in [2.05, 4.69) is 6.58 Å². The Balaban J connectivity index is 4.34. The molecule has 0 rings (SSSR count). The summed E-state index contributed by atoms with van der Waals surface area (Å²) in [7, 11) is 0. The summed E-state index contributed by atoms with van der Waals surface area (Å²) in [5, 5.41) is 9.96. The van der Waals surface area contributed by atoms with Gasteiger partial charge in [-0.05, 0) is 12.2 Å². The molecule has 0 unspecified atom stereocenters. The highest BCUT2D eigenvalue weighted by molar-refractivity contribution is 5.16. The van der Waals surface area contributed by atoms with Crippen molar-refractivity contribution in [1.82, 2.24) is 0 Å². The first-order valence-electron chi connectivity index (χ1n) is 2.89. The molecule has 3 nitrogen and oxygen atoms in total. The minimum absolute atomic E-state index is 0.109. The van der Waals surface area contributed by atoms with Crippen molar-refractivity contribution in [3.05, 3.63) is 46.4 Å². The average molecular weight is 157 g/mol. The SMILES string of the molecule is C=C/C(F)=C\C=C(/C)[N+](=O)[O-]. The molecule has 0 fully saturated rings. The molecular formula is C7H8FNO2. The second-order valence-electron chi connectivity index (χ2n) is 1.82. The second-order valence-corrected chi connectivity index (χ2v) is 1.82. The van der Waals surface area contributed by atoms with E-state index in [0.29, 0.717) is 0 Å². The molecule has 60 valence electrons. The molecule has 0 bridgehead atoms. The van der Waals surface area contributed by atoms with Crippen LogP contribution in [0.1, 0.15) is 6.92 Å². The van der Waals surface area contributed by atoms with Gasteiger partial charge in [-0.3, -0.25) is 10.1 Å². The van der Waals surface area contributed by atoms with Crippen LogP contribution in [0.15, 0.2) is 36.3 Å². The van der Waals surface area contributed by atoms with Crippen LogP contribution in [0.4, 0.5) is 4.39 Å². The Kier molecular flexibility index (Phi) is 3.80. The molecule has 0 aliphatic rings. The maximum absolute atomic E-state index is 12.2. The Morgan fingerprint density at radius 1 is 1.64 bits per heavy atom. The highest BCUT2D eigenvalue weighted by atomic mass is 19.1. The van der Waals surface area contributed by atoms with Crippen LogP contribution in [0.5, 0.6) is 0 Å². The summed E-state index contributed by atoms with van der Waals surface area (Å²) >= 11 is 0. The Labute approximate surface area is 63.7 Å². The number of hydrogen-bond donors (Lipinski definition) is 0. The van der Waals surface area contributed by atoms with Gasteiger partial charge in [0.1, 0.15) is 5.83 Å². The van der Waals surface area contributed by atoms with E-state index in [1.807, 2.05) is 0 Å². The molecule has 0 radical (unpaired) electrons. The van der Waals surface area contributed by atoms with E-state index in [1.165, 1.54) is 6.92 Å². The third-order valence-electron chi connectivity index (χ3n) is 0.967. The fraction of sp³-hybridized carbons (Fsp3) is 0.143. The summed E-state index contributed by atoms with van der Waals surface area (Å²) < 4.78 is 12.2. The standard InChI is InChI=1S/C7H8FNO2/c1-3-7(8)5-4-6(2)9(10)11/h3-5H,1H2,2H3/b6-4+,7-5+. The van der Waals surface area contributed by atoms with Gasteiger partial charge in [0.15, 0.2) is 0 Å². The Hall–Kier alpha value is -1.45. The molecule has 0 spiro atoms. The Morgan fingerprint density at radius 2 is 2.18 bits per heavy atom. The highest BCUT2D eigenvalue weighted by Crippen LogP contribution is 2.00. The number of nitro groups is 1. The number of halogens is 1. The molecule has 0 atom stereocenters. The molecule has 0 aromatic carbocycles. The molecule has 11 heavy (non-hydrogen) atoms. The van der Waals surface area contributed by atoms with E-state index in [-0.39, 0.29) is 5.70 Å². The monoisotopic (exact) mass is 157 g/mol. The third kappa shape index (κ3) is 4.02. The van der Waals surface area contributed by atoms with Crippen molar-refractivity contribution in [2.45, 2.75) is 6.92 Å². The topological polar surface area (TPSA) is 43.1 Å². The Morgan fingerprint density at radius 3 is 2.55 bits per heavy atom. The van der Waals surface area contributed by atoms with Gasteiger partial charge in [0.25, 0.3) is 0 Å². The number of allylic oxidation sites excluding steroid dienone is 5. The predicted octanol–water partition coefficient (Wildman–Crippen LogP) is 2.21. The molecule has 0 aliphatic carbocycles. The minimum Gasteiger partial charge on any atom is -0.259 e. The Bertz CT molecular complexity index is 231. The van der Waals surface area contributed by atoms with Crippen LogP contribution in [0.2, 0.25) is 0 Å². The largest absolute Gasteiger partial charge is 0.259 e. The first-order valence-corrected chi connectivity index (χ1v) is 2.89. The number of hydrogen-bond acceptors (Lipinski definition) is 2. The van der Waals surface area contributed by atoms with Crippen molar-refractivity contribution in [2.75, 3.05) is 0 Å². The molecule has 0 aromatic rings. The van der Waals surface area contributed by atoms with Gasteiger partial charge >= 0.3 is 0 Å². The average Bonchev–Trinajstić information content (AvgIpc) is 1.99. The summed E-state index contributed by atoms with van der Waals surface area (Å²) in [6, 6.07) is 0. The van der Waals surface area contributed by atoms with E-state index in [1.54, 1.807) is 0 Å². The van der Waals surface area contributed by atoms with Crippen molar-refractivity contribution < 1.29 is 9.31 Å². The molecule has 0 heterocycles. The normalized spacial score (nSPS) is 12.9. The maximum Gasteiger partial charge on any atom is 0.243 e. The summed E-state index contributed by atoms with van der Waals surface area (Å²) in [5.41, 5.74) is -0.109. The lowest BCUT2D eigenvalue weighted by molar-refractivity contribution is -0.424. The van der Waals surface area contributed by atoms with Gasteiger partial charge in [-0.25, -0.2) is 4.39 Å². The molecule has 0 aliphatic heterocycles. The van der Waals surface area contributed by atoms with Crippen LogP contribution in [-0.4, -0.2) is 4.92 Å².